The first-order valence-corrected chi connectivity index (χ1v) is 7.52. The monoisotopic (exact) mass is 256 g/mol. The van der Waals surface area contributed by atoms with Crippen LogP contribution in [-0.2, 0) is 4.74 Å². The van der Waals surface area contributed by atoms with Gasteiger partial charge < -0.3 is 9.84 Å². The van der Waals surface area contributed by atoms with E-state index in [-0.39, 0.29) is 6.61 Å². The van der Waals surface area contributed by atoms with Gasteiger partial charge in [0.05, 0.1) is 19.8 Å². The van der Waals surface area contributed by atoms with Gasteiger partial charge in [-0.1, -0.05) is 12.8 Å². The normalized spacial score (nSPS) is 23.0. The van der Waals surface area contributed by atoms with E-state index in [0.717, 1.165) is 51.9 Å². The molecule has 0 atom stereocenters. The van der Waals surface area contributed by atoms with Crippen molar-refractivity contribution in [1.29, 1.82) is 0 Å². The van der Waals surface area contributed by atoms with Gasteiger partial charge in [0.15, 0.2) is 0 Å². The molecule has 1 N–H and O–H groups in total. The van der Waals surface area contributed by atoms with E-state index in [4.69, 9.17) is 4.74 Å². The van der Waals surface area contributed by atoms with Crippen LogP contribution in [0.25, 0.3) is 0 Å². The number of rotatable bonds is 7. The van der Waals surface area contributed by atoms with Crippen LogP contribution in [0.5, 0.6) is 0 Å². The zero-order valence-electron chi connectivity index (χ0n) is 11.5. The molecule has 2 aliphatic rings. The molecule has 4 heteroatoms. The van der Waals surface area contributed by atoms with Crippen molar-refractivity contribution >= 4 is 0 Å². The lowest BCUT2D eigenvalue weighted by Gasteiger charge is -2.30. The van der Waals surface area contributed by atoms with Crippen LogP contribution >= 0.6 is 0 Å². The van der Waals surface area contributed by atoms with E-state index in [0.29, 0.717) is 0 Å². The number of ether oxygens (including phenoxy) is 1. The molecule has 1 aliphatic heterocycles. The molecule has 18 heavy (non-hydrogen) atoms. The summed E-state index contributed by atoms with van der Waals surface area (Å²) in [6.07, 6.45) is 5.58. The molecule has 2 fully saturated rings. The molecule has 0 aromatic heterocycles. The maximum atomic E-state index is 9.17. The number of hydrogen-bond acceptors (Lipinski definition) is 4. The van der Waals surface area contributed by atoms with Crippen LogP contribution in [-0.4, -0.2) is 74.0 Å². The fourth-order valence-electron chi connectivity index (χ4n) is 3.10. The summed E-state index contributed by atoms with van der Waals surface area (Å²) in [4.78, 5) is 4.92. The van der Waals surface area contributed by atoms with Gasteiger partial charge in [0.25, 0.3) is 0 Å². The van der Waals surface area contributed by atoms with Gasteiger partial charge in [-0.05, 0) is 18.8 Å². The summed E-state index contributed by atoms with van der Waals surface area (Å²) in [6.45, 7) is 8.41. The smallest absolute Gasteiger partial charge is 0.0594 e. The summed E-state index contributed by atoms with van der Waals surface area (Å²) in [5.74, 6) is 0.876. The fraction of sp³-hybridized carbons (Fsp3) is 1.00. The molecule has 0 spiro atoms. The Balaban J connectivity index is 1.67. The van der Waals surface area contributed by atoms with Crippen LogP contribution in [0.3, 0.4) is 0 Å². The molecular formula is C14H28N2O2. The Bertz CT molecular complexity index is 214. The van der Waals surface area contributed by atoms with E-state index in [1.54, 1.807) is 0 Å². The Morgan fingerprint density at radius 2 is 1.83 bits per heavy atom. The number of aliphatic hydroxyl groups excluding tert-OH is 1. The molecule has 0 aromatic carbocycles. The average molecular weight is 256 g/mol. The van der Waals surface area contributed by atoms with Crippen molar-refractivity contribution in [3.63, 3.8) is 0 Å². The van der Waals surface area contributed by atoms with E-state index >= 15 is 0 Å². The first-order chi connectivity index (χ1) is 8.88. The number of aliphatic hydroxyl groups is 1. The van der Waals surface area contributed by atoms with Crippen LogP contribution in [0.2, 0.25) is 0 Å². The molecule has 1 heterocycles. The summed E-state index contributed by atoms with van der Waals surface area (Å²) in [5, 5.41) is 9.17. The fourth-order valence-corrected chi connectivity index (χ4v) is 3.10. The van der Waals surface area contributed by atoms with Crippen LogP contribution in [0.1, 0.15) is 25.7 Å². The second-order valence-corrected chi connectivity index (χ2v) is 5.63. The minimum absolute atomic E-state index is 0.288. The SMILES string of the molecule is OCCN(CCN1CCOCC1)CC1CCCC1. The molecule has 1 saturated heterocycles. The second-order valence-electron chi connectivity index (χ2n) is 5.63. The van der Waals surface area contributed by atoms with E-state index in [1.807, 2.05) is 0 Å². The molecule has 0 amide bonds. The van der Waals surface area contributed by atoms with Gasteiger partial charge >= 0.3 is 0 Å². The van der Waals surface area contributed by atoms with E-state index < -0.39 is 0 Å². The third kappa shape index (κ3) is 4.84. The van der Waals surface area contributed by atoms with Gasteiger partial charge in [-0.2, -0.15) is 0 Å². The Labute approximate surface area is 111 Å². The molecule has 0 unspecified atom stereocenters. The van der Waals surface area contributed by atoms with Gasteiger partial charge in [-0.25, -0.2) is 0 Å². The van der Waals surface area contributed by atoms with Crippen molar-refractivity contribution in [1.82, 2.24) is 9.80 Å². The molecule has 1 aliphatic carbocycles. The summed E-state index contributed by atoms with van der Waals surface area (Å²) in [6, 6.07) is 0. The van der Waals surface area contributed by atoms with Crippen molar-refractivity contribution in [2.45, 2.75) is 25.7 Å². The highest BCUT2D eigenvalue weighted by Crippen LogP contribution is 2.25. The molecule has 0 radical (unpaired) electrons. The van der Waals surface area contributed by atoms with Crippen LogP contribution in [0.4, 0.5) is 0 Å². The van der Waals surface area contributed by atoms with Crippen molar-refractivity contribution in [2.75, 3.05) is 59.1 Å². The molecular weight excluding hydrogens is 228 g/mol. The summed E-state index contributed by atoms with van der Waals surface area (Å²) in [7, 11) is 0. The molecule has 4 nitrogen and oxygen atoms in total. The molecule has 0 aromatic rings. The van der Waals surface area contributed by atoms with Gasteiger partial charge in [0.1, 0.15) is 0 Å². The quantitative estimate of drug-likeness (QED) is 0.731. The van der Waals surface area contributed by atoms with E-state index in [2.05, 4.69) is 9.80 Å². The zero-order chi connectivity index (χ0) is 12.6. The zero-order valence-corrected chi connectivity index (χ0v) is 11.5. The summed E-state index contributed by atoms with van der Waals surface area (Å²) >= 11 is 0. The first kappa shape index (κ1) is 14.3. The Morgan fingerprint density at radius 1 is 1.11 bits per heavy atom. The maximum absolute atomic E-state index is 9.17. The number of hydrogen-bond donors (Lipinski definition) is 1. The topological polar surface area (TPSA) is 35.9 Å². The average Bonchev–Trinajstić information content (AvgIpc) is 2.90. The predicted octanol–water partition coefficient (Wildman–Crippen LogP) is 0.803. The molecule has 1 saturated carbocycles. The van der Waals surface area contributed by atoms with Crippen LogP contribution in [0, 0.1) is 5.92 Å². The highest BCUT2D eigenvalue weighted by Gasteiger charge is 2.19. The van der Waals surface area contributed by atoms with Crippen molar-refractivity contribution < 1.29 is 9.84 Å². The third-order valence-electron chi connectivity index (χ3n) is 4.24. The summed E-state index contributed by atoms with van der Waals surface area (Å²) in [5.41, 5.74) is 0. The number of morpholine rings is 1. The predicted molar refractivity (Wildman–Crippen MR) is 72.7 cm³/mol. The van der Waals surface area contributed by atoms with E-state index in [9.17, 15) is 5.11 Å². The molecule has 106 valence electrons. The van der Waals surface area contributed by atoms with Crippen LogP contribution in [0.15, 0.2) is 0 Å². The largest absolute Gasteiger partial charge is 0.395 e. The molecule has 2 rings (SSSR count). The Hall–Kier alpha value is -0.160. The van der Waals surface area contributed by atoms with Gasteiger partial charge in [-0.15, -0.1) is 0 Å². The lowest BCUT2D eigenvalue weighted by molar-refractivity contribution is 0.0316. The third-order valence-corrected chi connectivity index (χ3v) is 4.24. The highest BCUT2D eigenvalue weighted by molar-refractivity contribution is 4.73. The van der Waals surface area contributed by atoms with Gasteiger partial charge in [0, 0.05) is 39.3 Å². The van der Waals surface area contributed by atoms with E-state index in [1.165, 1.54) is 32.2 Å². The second kappa shape index (κ2) is 8.10. The van der Waals surface area contributed by atoms with Crippen molar-refractivity contribution in [3.8, 4) is 0 Å². The Kier molecular flexibility index (Phi) is 6.41. The lowest BCUT2D eigenvalue weighted by Crippen LogP contribution is -2.43. The summed E-state index contributed by atoms with van der Waals surface area (Å²) < 4.78 is 5.37. The van der Waals surface area contributed by atoms with Crippen molar-refractivity contribution in [3.05, 3.63) is 0 Å². The molecule has 0 bridgehead atoms. The van der Waals surface area contributed by atoms with Crippen molar-refractivity contribution in [2.24, 2.45) is 5.92 Å². The first-order valence-electron chi connectivity index (χ1n) is 7.52. The standard InChI is InChI=1S/C14H28N2O2/c17-10-7-16(13-14-3-1-2-4-14)6-5-15-8-11-18-12-9-15/h14,17H,1-13H2. The minimum Gasteiger partial charge on any atom is -0.395 e. The lowest BCUT2D eigenvalue weighted by atomic mass is 10.1. The minimum atomic E-state index is 0.288. The van der Waals surface area contributed by atoms with Gasteiger partial charge in [-0.3, -0.25) is 9.80 Å². The highest BCUT2D eigenvalue weighted by atomic mass is 16.5. The number of nitrogens with zero attached hydrogens (tertiary/aromatic N) is 2. The van der Waals surface area contributed by atoms with Gasteiger partial charge in [0.2, 0.25) is 0 Å². The Morgan fingerprint density at radius 3 is 2.50 bits per heavy atom. The maximum Gasteiger partial charge on any atom is 0.0594 e. The van der Waals surface area contributed by atoms with Crippen LogP contribution < -0.4 is 0 Å².